The van der Waals surface area contributed by atoms with Crippen LogP contribution in [0.15, 0.2) is 30.3 Å². The van der Waals surface area contributed by atoms with E-state index in [1.807, 2.05) is 41.5 Å². The Kier molecular flexibility index (Phi) is 8.76. The summed E-state index contributed by atoms with van der Waals surface area (Å²) in [4.78, 5) is 1.95. The van der Waals surface area contributed by atoms with Crippen molar-refractivity contribution in [2.45, 2.75) is 13.8 Å². The van der Waals surface area contributed by atoms with Gasteiger partial charge in [-0.25, -0.2) is 13.2 Å². The number of hydrogen-bond acceptors (Lipinski definition) is 4. The van der Waals surface area contributed by atoms with Crippen LogP contribution in [-0.4, -0.2) is 50.8 Å². The number of rotatable bonds is 10. The fraction of sp³-hybridized carbons (Fsp3) is 0.368. The van der Waals surface area contributed by atoms with Crippen LogP contribution in [0.3, 0.4) is 0 Å². The molecule has 0 saturated heterocycles. The molecule has 0 aliphatic rings. The summed E-state index contributed by atoms with van der Waals surface area (Å²) < 4.78 is 72.3. The first-order valence-corrected chi connectivity index (χ1v) is 11.8. The highest BCUT2D eigenvalue weighted by Gasteiger charge is 2.24. The Bertz CT molecular complexity index is 992. The van der Waals surface area contributed by atoms with Crippen molar-refractivity contribution >= 4 is 49.9 Å². The summed E-state index contributed by atoms with van der Waals surface area (Å²) in [5, 5.41) is 2.47. The van der Waals surface area contributed by atoms with Crippen LogP contribution in [0.5, 0.6) is 0 Å². The van der Waals surface area contributed by atoms with Crippen molar-refractivity contribution in [2.75, 3.05) is 43.3 Å². The molecule has 0 aliphatic carbocycles. The van der Waals surface area contributed by atoms with Crippen LogP contribution in [0.25, 0.3) is 0 Å². The largest absolute Gasteiger partial charge is 0.349 e. The van der Waals surface area contributed by atoms with E-state index in [-0.39, 0.29) is 24.5 Å². The van der Waals surface area contributed by atoms with Crippen LogP contribution in [0.4, 0.5) is 30.2 Å². The molecule has 2 aromatic rings. The monoisotopic (exact) mass is 556 g/mol. The van der Waals surface area contributed by atoms with Gasteiger partial charge in [0.2, 0.25) is 0 Å². The maximum Gasteiger partial charge on any atom is 0.301 e. The minimum absolute atomic E-state index is 0.114. The smallest absolute Gasteiger partial charge is 0.301 e. The zero-order valence-corrected chi connectivity index (χ0v) is 19.8. The lowest BCUT2D eigenvalue weighted by molar-refractivity contribution is 0.309. The van der Waals surface area contributed by atoms with E-state index in [1.54, 1.807) is 13.0 Å². The van der Waals surface area contributed by atoms with Gasteiger partial charge in [-0.05, 0) is 66.5 Å². The highest BCUT2D eigenvalue weighted by Crippen LogP contribution is 2.32. The summed E-state index contributed by atoms with van der Waals surface area (Å²) in [6, 6.07) is 6.06. The van der Waals surface area contributed by atoms with Crippen molar-refractivity contribution in [3.8, 4) is 0 Å². The fourth-order valence-electron chi connectivity index (χ4n) is 2.58. The van der Waals surface area contributed by atoms with E-state index in [4.69, 9.17) is 0 Å². The van der Waals surface area contributed by atoms with Crippen LogP contribution < -0.4 is 10.0 Å². The lowest BCUT2D eigenvalue weighted by atomic mass is 10.2. The van der Waals surface area contributed by atoms with Crippen molar-refractivity contribution in [3.05, 3.63) is 51.4 Å². The quantitative estimate of drug-likeness (QED) is 0.427. The molecule has 2 rings (SSSR count). The predicted octanol–water partition coefficient (Wildman–Crippen LogP) is 4.38. The summed E-state index contributed by atoms with van der Waals surface area (Å²) >= 11 is 1.91. The average molecular weight is 556 g/mol. The van der Waals surface area contributed by atoms with Gasteiger partial charge in [0, 0.05) is 23.2 Å². The van der Waals surface area contributed by atoms with Crippen LogP contribution in [0.1, 0.15) is 13.8 Å². The second-order valence-corrected chi connectivity index (χ2v) is 9.44. The maximum atomic E-state index is 14.5. The van der Waals surface area contributed by atoms with Crippen molar-refractivity contribution in [3.63, 3.8) is 0 Å². The average Bonchev–Trinajstić information content (AvgIpc) is 2.69. The van der Waals surface area contributed by atoms with E-state index in [1.165, 1.54) is 16.4 Å². The molecule has 2 N–H and O–H groups in total. The third-order valence-electron chi connectivity index (χ3n) is 4.49. The standard InChI is InChI=1S/C19H24F3IN4O2S/c1-4-26(3)10-11-27(5-2)30(28,29)25-17-9-7-14(20)18(22)19(17)24-16-8-6-13(23)12-15(16)21/h6-9,12,24-25H,4-5,10-11H2,1-3H3. The molecular weight excluding hydrogens is 532 g/mol. The predicted molar refractivity (Wildman–Crippen MR) is 122 cm³/mol. The van der Waals surface area contributed by atoms with E-state index >= 15 is 0 Å². The molecule has 2 aromatic carbocycles. The van der Waals surface area contributed by atoms with Crippen molar-refractivity contribution in [1.82, 2.24) is 9.21 Å². The summed E-state index contributed by atoms with van der Waals surface area (Å²) in [7, 11) is -2.20. The van der Waals surface area contributed by atoms with Gasteiger partial charge in [0.05, 0.1) is 11.4 Å². The van der Waals surface area contributed by atoms with E-state index in [0.717, 1.165) is 18.7 Å². The molecule has 0 aromatic heterocycles. The van der Waals surface area contributed by atoms with Gasteiger partial charge >= 0.3 is 10.2 Å². The van der Waals surface area contributed by atoms with Crippen LogP contribution >= 0.6 is 22.6 Å². The summed E-state index contributed by atoms with van der Waals surface area (Å²) in [5.74, 6) is -3.19. The zero-order chi connectivity index (χ0) is 22.5. The molecule has 0 spiro atoms. The summed E-state index contributed by atoms with van der Waals surface area (Å²) in [6.45, 7) is 5.29. The molecule has 0 fully saturated rings. The van der Waals surface area contributed by atoms with Gasteiger partial charge < -0.3 is 10.2 Å². The molecule has 0 saturated carbocycles. The Balaban J connectivity index is 2.35. The van der Waals surface area contributed by atoms with Crippen LogP contribution in [0.2, 0.25) is 0 Å². The van der Waals surface area contributed by atoms with E-state index in [9.17, 15) is 21.6 Å². The molecule has 0 heterocycles. The maximum absolute atomic E-state index is 14.5. The van der Waals surface area contributed by atoms with Gasteiger partial charge in [-0.2, -0.15) is 12.7 Å². The summed E-state index contributed by atoms with van der Waals surface area (Å²) in [5.41, 5.74) is -0.841. The van der Waals surface area contributed by atoms with Crippen molar-refractivity contribution in [1.29, 1.82) is 0 Å². The van der Waals surface area contributed by atoms with Crippen LogP contribution in [0, 0.1) is 21.0 Å². The number of nitrogens with zero attached hydrogens (tertiary/aromatic N) is 2. The first-order chi connectivity index (χ1) is 14.1. The summed E-state index contributed by atoms with van der Waals surface area (Å²) in [6.07, 6.45) is 0. The Labute approximate surface area is 188 Å². The molecule has 0 unspecified atom stereocenters. The minimum Gasteiger partial charge on any atom is -0.349 e. The highest BCUT2D eigenvalue weighted by atomic mass is 127. The second-order valence-electron chi connectivity index (χ2n) is 6.53. The molecule has 0 atom stereocenters. The molecule has 6 nitrogen and oxygen atoms in total. The van der Waals surface area contributed by atoms with Gasteiger partial charge in [0.15, 0.2) is 11.6 Å². The number of benzene rings is 2. The van der Waals surface area contributed by atoms with E-state index in [0.29, 0.717) is 10.1 Å². The highest BCUT2D eigenvalue weighted by molar-refractivity contribution is 14.1. The van der Waals surface area contributed by atoms with Crippen molar-refractivity contribution < 1.29 is 21.6 Å². The Morgan fingerprint density at radius 3 is 2.23 bits per heavy atom. The molecule has 0 aliphatic heterocycles. The zero-order valence-electron chi connectivity index (χ0n) is 16.8. The lowest BCUT2D eigenvalue weighted by Crippen LogP contribution is -2.40. The first-order valence-electron chi connectivity index (χ1n) is 9.25. The minimum atomic E-state index is -4.06. The number of nitrogens with one attached hydrogen (secondary N) is 2. The Morgan fingerprint density at radius 1 is 0.967 bits per heavy atom. The number of halogens is 4. The third kappa shape index (κ3) is 6.22. The molecule has 30 heavy (non-hydrogen) atoms. The van der Waals surface area contributed by atoms with Gasteiger partial charge in [0.1, 0.15) is 11.5 Å². The normalized spacial score (nSPS) is 11.9. The van der Waals surface area contributed by atoms with Gasteiger partial charge in [-0.3, -0.25) is 4.72 Å². The molecule has 11 heteroatoms. The van der Waals surface area contributed by atoms with Gasteiger partial charge in [-0.1, -0.05) is 13.8 Å². The van der Waals surface area contributed by atoms with E-state index < -0.39 is 33.3 Å². The molecule has 0 radical (unpaired) electrons. The molecular formula is C19H24F3IN4O2S. The molecule has 0 amide bonds. The van der Waals surface area contributed by atoms with Crippen LogP contribution in [-0.2, 0) is 10.2 Å². The third-order valence-corrected chi connectivity index (χ3v) is 6.76. The SMILES string of the molecule is CCN(C)CCN(CC)S(=O)(=O)Nc1ccc(F)c(F)c1Nc1ccc(I)cc1F. The number of hydrogen-bond donors (Lipinski definition) is 2. The first kappa shape index (κ1) is 24.7. The fourth-order valence-corrected chi connectivity index (χ4v) is 4.27. The Morgan fingerprint density at radius 2 is 1.63 bits per heavy atom. The Hall–Kier alpha value is -1.57. The second kappa shape index (κ2) is 10.6. The molecule has 166 valence electrons. The topological polar surface area (TPSA) is 64.7 Å². The lowest BCUT2D eigenvalue weighted by Gasteiger charge is -2.25. The number of anilines is 3. The molecule has 0 bridgehead atoms. The van der Waals surface area contributed by atoms with E-state index in [2.05, 4.69) is 10.0 Å². The van der Waals surface area contributed by atoms with Gasteiger partial charge in [-0.15, -0.1) is 0 Å². The number of likely N-dealkylation sites (N-methyl/N-ethyl adjacent to an activating group) is 2. The van der Waals surface area contributed by atoms with Crippen molar-refractivity contribution in [2.24, 2.45) is 0 Å². The van der Waals surface area contributed by atoms with Gasteiger partial charge in [0.25, 0.3) is 0 Å².